The Morgan fingerprint density at radius 3 is 2.52 bits per heavy atom. The monoisotopic (exact) mass is 332 g/mol. The first-order valence-corrected chi connectivity index (χ1v) is 9.54. The molecule has 0 spiro atoms. The SMILES string of the molecule is CCC(CC)C(=O)Nc1sc2c(c1C#N)CC(C(C)(C)CC)C2. The van der Waals surface area contributed by atoms with Gasteiger partial charge in [0.1, 0.15) is 11.1 Å². The number of nitriles is 1. The van der Waals surface area contributed by atoms with Crippen molar-refractivity contribution in [2.24, 2.45) is 17.3 Å². The van der Waals surface area contributed by atoms with E-state index >= 15 is 0 Å². The maximum atomic E-state index is 12.3. The maximum absolute atomic E-state index is 12.3. The zero-order valence-electron chi connectivity index (χ0n) is 15.0. The van der Waals surface area contributed by atoms with Crippen molar-refractivity contribution in [1.82, 2.24) is 0 Å². The summed E-state index contributed by atoms with van der Waals surface area (Å²) < 4.78 is 0. The van der Waals surface area contributed by atoms with Gasteiger partial charge in [0.05, 0.1) is 5.56 Å². The van der Waals surface area contributed by atoms with E-state index in [0.29, 0.717) is 16.9 Å². The van der Waals surface area contributed by atoms with E-state index in [0.717, 1.165) is 37.1 Å². The lowest BCUT2D eigenvalue weighted by molar-refractivity contribution is -0.120. The number of hydrogen-bond donors (Lipinski definition) is 1. The summed E-state index contributed by atoms with van der Waals surface area (Å²) in [5, 5.41) is 13.4. The number of thiophene rings is 1. The lowest BCUT2D eigenvalue weighted by Gasteiger charge is -2.30. The molecule has 1 N–H and O–H groups in total. The van der Waals surface area contributed by atoms with Crippen LogP contribution >= 0.6 is 11.3 Å². The van der Waals surface area contributed by atoms with E-state index < -0.39 is 0 Å². The molecule has 1 atom stereocenters. The van der Waals surface area contributed by atoms with Gasteiger partial charge in [0.25, 0.3) is 0 Å². The van der Waals surface area contributed by atoms with Gasteiger partial charge < -0.3 is 5.32 Å². The molecule has 0 saturated heterocycles. The van der Waals surface area contributed by atoms with E-state index in [1.807, 2.05) is 13.8 Å². The summed E-state index contributed by atoms with van der Waals surface area (Å²) in [6, 6.07) is 2.34. The summed E-state index contributed by atoms with van der Waals surface area (Å²) in [5.41, 5.74) is 2.19. The van der Waals surface area contributed by atoms with Crippen LogP contribution < -0.4 is 5.32 Å². The quantitative estimate of drug-likeness (QED) is 0.783. The van der Waals surface area contributed by atoms with E-state index in [2.05, 4.69) is 32.2 Å². The number of nitrogens with zero attached hydrogens (tertiary/aromatic N) is 1. The molecule has 0 aliphatic heterocycles. The molecule has 0 aromatic carbocycles. The van der Waals surface area contributed by atoms with Crippen LogP contribution in [0, 0.1) is 28.6 Å². The zero-order valence-corrected chi connectivity index (χ0v) is 15.8. The minimum atomic E-state index is 0.0326. The molecule has 1 unspecified atom stereocenters. The van der Waals surface area contributed by atoms with Crippen molar-refractivity contribution >= 4 is 22.2 Å². The number of anilines is 1. The molecular weight excluding hydrogens is 304 g/mol. The van der Waals surface area contributed by atoms with Crippen LogP contribution in [0.4, 0.5) is 5.00 Å². The first-order chi connectivity index (χ1) is 10.9. The number of amides is 1. The Bertz CT molecular complexity index is 620. The van der Waals surface area contributed by atoms with Crippen molar-refractivity contribution in [2.45, 2.75) is 66.7 Å². The van der Waals surface area contributed by atoms with Gasteiger partial charge in [-0.3, -0.25) is 4.79 Å². The summed E-state index contributed by atoms with van der Waals surface area (Å²) in [6.07, 6.45) is 4.82. The molecule has 0 bridgehead atoms. The number of carbonyl (C=O) groups is 1. The predicted octanol–water partition coefficient (Wildman–Crippen LogP) is 5.15. The maximum Gasteiger partial charge on any atom is 0.228 e. The first kappa shape index (κ1) is 18.0. The summed E-state index contributed by atoms with van der Waals surface area (Å²) in [4.78, 5) is 13.6. The van der Waals surface area contributed by atoms with E-state index in [1.54, 1.807) is 11.3 Å². The van der Waals surface area contributed by atoms with Gasteiger partial charge in [-0.25, -0.2) is 0 Å². The van der Waals surface area contributed by atoms with Crippen LogP contribution in [0.5, 0.6) is 0 Å². The summed E-state index contributed by atoms with van der Waals surface area (Å²) in [5.74, 6) is 0.687. The van der Waals surface area contributed by atoms with Gasteiger partial charge >= 0.3 is 0 Å². The zero-order chi connectivity index (χ0) is 17.2. The molecule has 3 nitrogen and oxygen atoms in total. The number of hydrogen-bond acceptors (Lipinski definition) is 3. The molecule has 126 valence electrons. The third-order valence-electron chi connectivity index (χ3n) is 5.69. The number of nitrogens with one attached hydrogen (secondary N) is 1. The molecule has 1 aromatic heterocycles. The fourth-order valence-electron chi connectivity index (χ4n) is 3.36. The summed E-state index contributed by atoms with van der Waals surface area (Å²) >= 11 is 1.62. The van der Waals surface area contributed by atoms with Crippen LogP contribution in [0.3, 0.4) is 0 Å². The average molecular weight is 333 g/mol. The van der Waals surface area contributed by atoms with Crippen LogP contribution in [0.1, 0.15) is 69.9 Å². The highest BCUT2D eigenvalue weighted by atomic mass is 32.1. The Kier molecular flexibility index (Phi) is 5.52. The molecule has 1 aromatic rings. The highest BCUT2D eigenvalue weighted by Crippen LogP contribution is 2.47. The van der Waals surface area contributed by atoms with Gasteiger partial charge in [-0.2, -0.15) is 5.26 Å². The second kappa shape index (κ2) is 7.05. The molecule has 2 rings (SSSR count). The predicted molar refractivity (Wildman–Crippen MR) is 96.7 cm³/mol. The molecule has 0 fully saturated rings. The lowest BCUT2D eigenvalue weighted by Crippen LogP contribution is -2.24. The van der Waals surface area contributed by atoms with Crippen molar-refractivity contribution in [3.05, 3.63) is 16.0 Å². The molecule has 0 radical (unpaired) electrons. The van der Waals surface area contributed by atoms with Crippen molar-refractivity contribution in [3.63, 3.8) is 0 Å². The molecule has 1 aliphatic rings. The van der Waals surface area contributed by atoms with Crippen LogP contribution in [0.25, 0.3) is 0 Å². The third kappa shape index (κ3) is 3.45. The Morgan fingerprint density at radius 1 is 1.35 bits per heavy atom. The molecule has 4 heteroatoms. The normalized spacial score (nSPS) is 17.2. The minimum absolute atomic E-state index is 0.0326. The van der Waals surface area contributed by atoms with E-state index in [9.17, 15) is 10.1 Å². The second-order valence-corrected chi connectivity index (χ2v) is 8.37. The molecular formula is C19H28N2OS. The van der Waals surface area contributed by atoms with Crippen LogP contribution in [-0.2, 0) is 17.6 Å². The first-order valence-electron chi connectivity index (χ1n) is 8.73. The number of carbonyl (C=O) groups excluding carboxylic acids is 1. The lowest BCUT2D eigenvalue weighted by atomic mass is 9.75. The minimum Gasteiger partial charge on any atom is -0.316 e. The summed E-state index contributed by atoms with van der Waals surface area (Å²) in [7, 11) is 0. The van der Waals surface area contributed by atoms with Crippen molar-refractivity contribution in [3.8, 4) is 6.07 Å². The van der Waals surface area contributed by atoms with E-state index in [4.69, 9.17) is 0 Å². The second-order valence-electron chi connectivity index (χ2n) is 7.27. The standard InChI is InChI=1S/C19H28N2OS/c1-6-12(7-2)17(22)21-18-15(11-20)14-9-13(10-16(14)23-18)19(4,5)8-3/h12-13H,6-10H2,1-5H3,(H,21,22). The average Bonchev–Trinajstić information content (AvgIpc) is 3.06. The largest absolute Gasteiger partial charge is 0.316 e. The van der Waals surface area contributed by atoms with Gasteiger partial charge in [-0.1, -0.05) is 41.0 Å². The molecule has 1 aliphatic carbocycles. The molecule has 1 heterocycles. The number of fused-ring (bicyclic) bond motifs is 1. The van der Waals surface area contributed by atoms with Gasteiger partial charge in [0.15, 0.2) is 0 Å². The Hall–Kier alpha value is -1.34. The topological polar surface area (TPSA) is 52.9 Å². The van der Waals surface area contributed by atoms with Gasteiger partial charge in [0.2, 0.25) is 5.91 Å². The number of rotatable bonds is 6. The van der Waals surface area contributed by atoms with Gasteiger partial charge in [-0.15, -0.1) is 11.3 Å². The molecule has 1 amide bonds. The Morgan fingerprint density at radius 2 is 2.00 bits per heavy atom. The van der Waals surface area contributed by atoms with Gasteiger partial charge in [-0.05, 0) is 42.6 Å². The fourth-order valence-corrected chi connectivity index (χ4v) is 4.62. The van der Waals surface area contributed by atoms with Crippen molar-refractivity contribution < 1.29 is 4.79 Å². The van der Waals surface area contributed by atoms with Crippen molar-refractivity contribution in [1.29, 1.82) is 5.26 Å². The van der Waals surface area contributed by atoms with E-state index in [1.165, 1.54) is 10.4 Å². The third-order valence-corrected chi connectivity index (χ3v) is 6.86. The molecule has 0 saturated carbocycles. The Labute approximate surface area is 144 Å². The molecule has 23 heavy (non-hydrogen) atoms. The van der Waals surface area contributed by atoms with Crippen molar-refractivity contribution in [2.75, 3.05) is 5.32 Å². The van der Waals surface area contributed by atoms with E-state index in [-0.39, 0.29) is 11.8 Å². The van der Waals surface area contributed by atoms with Crippen LogP contribution in [0.15, 0.2) is 0 Å². The highest BCUT2D eigenvalue weighted by molar-refractivity contribution is 7.16. The smallest absolute Gasteiger partial charge is 0.228 e. The van der Waals surface area contributed by atoms with Crippen LogP contribution in [-0.4, -0.2) is 5.91 Å². The fraction of sp³-hybridized carbons (Fsp3) is 0.684. The van der Waals surface area contributed by atoms with Crippen LogP contribution in [0.2, 0.25) is 0 Å². The Balaban J connectivity index is 2.21. The van der Waals surface area contributed by atoms with Gasteiger partial charge in [0, 0.05) is 10.8 Å². The highest BCUT2D eigenvalue weighted by Gasteiger charge is 2.37. The summed E-state index contributed by atoms with van der Waals surface area (Å²) in [6.45, 7) is 10.9.